The van der Waals surface area contributed by atoms with Gasteiger partial charge in [-0.25, -0.2) is 4.98 Å². The zero-order valence-electron chi connectivity index (χ0n) is 11.1. The van der Waals surface area contributed by atoms with Crippen molar-refractivity contribution in [3.05, 3.63) is 53.7 Å². The van der Waals surface area contributed by atoms with E-state index in [1.807, 2.05) is 19.3 Å². The Kier molecular flexibility index (Phi) is 3.95. The van der Waals surface area contributed by atoms with Gasteiger partial charge in [0.25, 0.3) is 0 Å². The molecular weight excluding hydrogens is 222 g/mol. The predicted molar refractivity (Wildman–Crippen MR) is 76.2 cm³/mol. The number of nitrogens with one attached hydrogen (secondary N) is 1. The zero-order valence-corrected chi connectivity index (χ0v) is 11.1. The first-order chi connectivity index (χ1) is 8.72. The summed E-state index contributed by atoms with van der Waals surface area (Å²) in [4.78, 5) is 6.61. The Bertz CT molecular complexity index is 523. The van der Waals surface area contributed by atoms with Gasteiger partial charge in [0.1, 0.15) is 5.82 Å². The molecule has 1 aromatic carbocycles. The molecule has 0 spiro atoms. The van der Waals surface area contributed by atoms with E-state index < -0.39 is 0 Å². The highest BCUT2D eigenvalue weighted by Gasteiger charge is 2.09. The second-order valence-corrected chi connectivity index (χ2v) is 4.41. The second-order valence-electron chi connectivity index (χ2n) is 4.41. The Morgan fingerprint density at radius 3 is 2.78 bits per heavy atom. The zero-order chi connectivity index (χ0) is 13.0. The highest BCUT2D eigenvalue weighted by molar-refractivity contribution is 5.62. The fourth-order valence-corrected chi connectivity index (χ4v) is 2.02. The standard InChI is InChI=1S/C15H19N3/c1-12-6-4-8-14(10-12)18(3)15-13(11-16-2)7-5-9-17-15/h4-10,16H,11H2,1-3H3. The lowest BCUT2D eigenvalue weighted by Gasteiger charge is -2.21. The van der Waals surface area contributed by atoms with E-state index >= 15 is 0 Å². The third-order valence-electron chi connectivity index (χ3n) is 2.94. The lowest BCUT2D eigenvalue weighted by molar-refractivity contribution is 0.810. The SMILES string of the molecule is CNCc1cccnc1N(C)c1cccc(C)c1. The normalized spacial score (nSPS) is 10.4. The van der Waals surface area contributed by atoms with E-state index in [0.29, 0.717) is 0 Å². The van der Waals surface area contributed by atoms with E-state index in [9.17, 15) is 0 Å². The summed E-state index contributed by atoms with van der Waals surface area (Å²) < 4.78 is 0. The highest BCUT2D eigenvalue weighted by Crippen LogP contribution is 2.25. The molecule has 0 fully saturated rings. The molecule has 2 aromatic rings. The number of aryl methyl sites for hydroxylation is 1. The molecule has 3 heteroatoms. The number of aromatic nitrogens is 1. The highest BCUT2D eigenvalue weighted by atomic mass is 15.2. The van der Waals surface area contributed by atoms with Crippen LogP contribution in [0.4, 0.5) is 11.5 Å². The minimum absolute atomic E-state index is 0.819. The Morgan fingerprint density at radius 1 is 1.22 bits per heavy atom. The van der Waals surface area contributed by atoms with Crippen molar-refractivity contribution in [3.8, 4) is 0 Å². The van der Waals surface area contributed by atoms with Crippen LogP contribution in [0.3, 0.4) is 0 Å². The summed E-state index contributed by atoms with van der Waals surface area (Å²) in [5.41, 5.74) is 3.61. The maximum atomic E-state index is 4.49. The van der Waals surface area contributed by atoms with Crippen molar-refractivity contribution in [3.63, 3.8) is 0 Å². The largest absolute Gasteiger partial charge is 0.329 e. The first-order valence-corrected chi connectivity index (χ1v) is 6.11. The number of rotatable bonds is 4. The Labute approximate surface area is 108 Å². The van der Waals surface area contributed by atoms with Crippen molar-refractivity contribution >= 4 is 11.5 Å². The molecular formula is C15H19N3. The number of pyridine rings is 1. The van der Waals surface area contributed by atoms with E-state index in [0.717, 1.165) is 18.1 Å². The first-order valence-electron chi connectivity index (χ1n) is 6.11. The lowest BCUT2D eigenvalue weighted by Crippen LogP contribution is -2.16. The van der Waals surface area contributed by atoms with Crippen LogP contribution in [-0.2, 0) is 6.54 Å². The molecule has 94 valence electrons. The summed E-state index contributed by atoms with van der Waals surface area (Å²) in [7, 11) is 4.00. The summed E-state index contributed by atoms with van der Waals surface area (Å²) in [6, 6.07) is 12.5. The third-order valence-corrected chi connectivity index (χ3v) is 2.94. The van der Waals surface area contributed by atoms with Crippen LogP contribution in [-0.4, -0.2) is 19.1 Å². The number of hydrogen-bond acceptors (Lipinski definition) is 3. The van der Waals surface area contributed by atoms with E-state index in [1.165, 1.54) is 11.1 Å². The maximum absolute atomic E-state index is 4.49. The van der Waals surface area contributed by atoms with E-state index in [-0.39, 0.29) is 0 Å². The molecule has 0 bridgehead atoms. The Balaban J connectivity index is 2.36. The Hall–Kier alpha value is -1.87. The molecule has 1 aromatic heterocycles. The third kappa shape index (κ3) is 2.68. The van der Waals surface area contributed by atoms with Crippen molar-refractivity contribution in [2.75, 3.05) is 19.0 Å². The van der Waals surface area contributed by atoms with E-state index in [4.69, 9.17) is 0 Å². The molecule has 0 atom stereocenters. The fraction of sp³-hybridized carbons (Fsp3) is 0.267. The molecule has 1 N–H and O–H groups in total. The number of nitrogens with zero attached hydrogens (tertiary/aromatic N) is 2. The van der Waals surface area contributed by atoms with Gasteiger partial charge in [-0.2, -0.15) is 0 Å². The summed E-state index contributed by atoms with van der Waals surface area (Å²) in [5.74, 6) is 0.998. The molecule has 0 saturated heterocycles. The number of benzene rings is 1. The minimum atomic E-state index is 0.819. The summed E-state index contributed by atoms with van der Waals surface area (Å²) in [6.45, 7) is 2.92. The topological polar surface area (TPSA) is 28.2 Å². The predicted octanol–water partition coefficient (Wildman–Crippen LogP) is 2.88. The van der Waals surface area contributed by atoms with Gasteiger partial charge < -0.3 is 10.2 Å². The lowest BCUT2D eigenvalue weighted by atomic mass is 10.2. The average Bonchev–Trinajstić information content (AvgIpc) is 2.39. The van der Waals surface area contributed by atoms with Gasteiger partial charge in [-0.15, -0.1) is 0 Å². The van der Waals surface area contributed by atoms with Gasteiger partial charge in [0.2, 0.25) is 0 Å². The van der Waals surface area contributed by atoms with Crippen molar-refractivity contribution in [2.24, 2.45) is 0 Å². The van der Waals surface area contributed by atoms with Gasteiger partial charge >= 0.3 is 0 Å². The number of hydrogen-bond donors (Lipinski definition) is 1. The molecule has 0 radical (unpaired) electrons. The van der Waals surface area contributed by atoms with Gasteiger partial charge in [0, 0.05) is 31.0 Å². The molecule has 0 aliphatic rings. The molecule has 18 heavy (non-hydrogen) atoms. The van der Waals surface area contributed by atoms with E-state index in [1.54, 1.807) is 0 Å². The molecule has 1 heterocycles. The molecule has 0 saturated carbocycles. The van der Waals surface area contributed by atoms with Gasteiger partial charge in [-0.1, -0.05) is 18.2 Å². The molecule has 0 amide bonds. The van der Waals surface area contributed by atoms with Crippen LogP contribution in [0.2, 0.25) is 0 Å². The fourth-order valence-electron chi connectivity index (χ4n) is 2.02. The Morgan fingerprint density at radius 2 is 2.06 bits per heavy atom. The molecule has 0 aliphatic heterocycles. The van der Waals surface area contributed by atoms with Gasteiger partial charge in [0.05, 0.1) is 0 Å². The van der Waals surface area contributed by atoms with Crippen molar-refractivity contribution < 1.29 is 0 Å². The van der Waals surface area contributed by atoms with Crippen LogP contribution in [0.15, 0.2) is 42.6 Å². The maximum Gasteiger partial charge on any atom is 0.137 e. The average molecular weight is 241 g/mol. The summed E-state index contributed by atoms with van der Waals surface area (Å²) in [5, 5.41) is 3.18. The quantitative estimate of drug-likeness (QED) is 0.892. The van der Waals surface area contributed by atoms with Crippen molar-refractivity contribution in [1.82, 2.24) is 10.3 Å². The van der Waals surface area contributed by atoms with Gasteiger partial charge in [0.15, 0.2) is 0 Å². The van der Waals surface area contributed by atoms with Crippen molar-refractivity contribution in [2.45, 2.75) is 13.5 Å². The molecule has 0 aliphatic carbocycles. The van der Waals surface area contributed by atoms with Gasteiger partial charge in [-0.3, -0.25) is 0 Å². The van der Waals surface area contributed by atoms with Crippen LogP contribution in [0.25, 0.3) is 0 Å². The molecule has 3 nitrogen and oxygen atoms in total. The number of anilines is 2. The van der Waals surface area contributed by atoms with E-state index in [2.05, 4.69) is 59.5 Å². The first kappa shape index (κ1) is 12.6. The molecule has 0 unspecified atom stereocenters. The molecule has 2 rings (SSSR count). The monoisotopic (exact) mass is 241 g/mol. The van der Waals surface area contributed by atoms with Crippen LogP contribution < -0.4 is 10.2 Å². The second kappa shape index (κ2) is 5.65. The van der Waals surface area contributed by atoms with Crippen LogP contribution in [0, 0.1) is 6.92 Å². The minimum Gasteiger partial charge on any atom is -0.329 e. The van der Waals surface area contributed by atoms with Crippen LogP contribution in [0.1, 0.15) is 11.1 Å². The van der Waals surface area contributed by atoms with Crippen LogP contribution in [0.5, 0.6) is 0 Å². The van der Waals surface area contributed by atoms with Crippen LogP contribution >= 0.6 is 0 Å². The van der Waals surface area contributed by atoms with Crippen molar-refractivity contribution in [1.29, 1.82) is 0 Å². The summed E-state index contributed by atoms with van der Waals surface area (Å²) in [6.07, 6.45) is 1.83. The summed E-state index contributed by atoms with van der Waals surface area (Å²) >= 11 is 0. The van der Waals surface area contributed by atoms with Gasteiger partial charge in [-0.05, 0) is 37.7 Å². The smallest absolute Gasteiger partial charge is 0.137 e.